The second kappa shape index (κ2) is 3.79. The third-order valence-corrected chi connectivity index (χ3v) is 3.66. The number of hydrogen-bond donors (Lipinski definition) is 1. The number of nitrogens with zero attached hydrogens (tertiary/aromatic N) is 2. The molecule has 3 nitrogen and oxygen atoms in total. The highest BCUT2D eigenvalue weighted by atomic mass is 32.1. The molecule has 0 unspecified atom stereocenters. The second-order valence-electron chi connectivity index (χ2n) is 3.71. The Morgan fingerprint density at radius 2 is 2.13 bits per heavy atom. The molecular formula is C11H13N3S. The van der Waals surface area contributed by atoms with Crippen molar-refractivity contribution in [3.05, 3.63) is 23.7 Å². The van der Waals surface area contributed by atoms with E-state index in [1.807, 2.05) is 5.51 Å². The van der Waals surface area contributed by atoms with Crippen LogP contribution in [0.1, 0.15) is 0 Å². The van der Waals surface area contributed by atoms with Gasteiger partial charge in [-0.3, -0.25) is 0 Å². The summed E-state index contributed by atoms with van der Waals surface area (Å²) in [4.78, 5) is 6.79. The van der Waals surface area contributed by atoms with E-state index in [2.05, 4.69) is 33.4 Å². The average molecular weight is 219 g/mol. The summed E-state index contributed by atoms with van der Waals surface area (Å²) in [5.41, 5.74) is 4.39. The Morgan fingerprint density at radius 1 is 1.27 bits per heavy atom. The van der Waals surface area contributed by atoms with Crippen LogP contribution in [0.15, 0.2) is 23.7 Å². The van der Waals surface area contributed by atoms with Crippen LogP contribution in [0.4, 0.5) is 5.69 Å². The molecule has 0 aliphatic carbocycles. The van der Waals surface area contributed by atoms with E-state index >= 15 is 0 Å². The van der Waals surface area contributed by atoms with E-state index in [-0.39, 0.29) is 0 Å². The summed E-state index contributed by atoms with van der Waals surface area (Å²) in [6, 6.07) is 6.38. The number of hydrogen-bond acceptors (Lipinski definition) is 4. The van der Waals surface area contributed by atoms with Gasteiger partial charge in [-0.05, 0) is 12.1 Å². The zero-order valence-electron chi connectivity index (χ0n) is 8.44. The van der Waals surface area contributed by atoms with Gasteiger partial charge in [-0.25, -0.2) is 4.98 Å². The molecule has 4 heteroatoms. The largest absolute Gasteiger partial charge is 0.368 e. The van der Waals surface area contributed by atoms with Crippen molar-refractivity contribution in [1.29, 1.82) is 0 Å². The molecule has 0 bridgehead atoms. The molecule has 2 heterocycles. The van der Waals surface area contributed by atoms with Gasteiger partial charge in [-0.1, -0.05) is 6.07 Å². The molecule has 1 aliphatic heterocycles. The van der Waals surface area contributed by atoms with Gasteiger partial charge >= 0.3 is 0 Å². The zero-order valence-corrected chi connectivity index (χ0v) is 9.26. The number of rotatable bonds is 1. The number of piperazine rings is 1. The molecule has 1 N–H and O–H groups in total. The fraction of sp³-hybridized carbons (Fsp3) is 0.364. The Morgan fingerprint density at radius 3 is 3.00 bits per heavy atom. The van der Waals surface area contributed by atoms with Crippen LogP contribution in [-0.4, -0.2) is 31.2 Å². The van der Waals surface area contributed by atoms with E-state index in [0.717, 1.165) is 31.7 Å². The first-order chi connectivity index (χ1) is 7.45. The van der Waals surface area contributed by atoms with Crippen molar-refractivity contribution in [2.45, 2.75) is 0 Å². The maximum atomic E-state index is 4.35. The van der Waals surface area contributed by atoms with Gasteiger partial charge in [0.15, 0.2) is 0 Å². The van der Waals surface area contributed by atoms with Gasteiger partial charge in [0.05, 0.1) is 21.4 Å². The molecular weight excluding hydrogens is 206 g/mol. The van der Waals surface area contributed by atoms with E-state index in [9.17, 15) is 0 Å². The third kappa shape index (κ3) is 1.60. The number of benzene rings is 1. The molecule has 1 aromatic heterocycles. The van der Waals surface area contributed by atoms with Gasteiger partial charge in [0, 0.05) is 26.2 Å². The average Bonchev–Trinajstić information content (AvgIpc) is 2.78. The summed E-state index contributed by atoms with van der Waals surface area (Å²) in [7, 11) is 0. The monoisotopic (exact) mass is 219 g/mol. The lowest BCUT2D eigenvalue weighted by Crippen LogP contribution is -2.43. The first-order valence-corrected chi connectivity index (χ1v) is 6.11. The Labute approximate surface area is 92.7 Å². The fourth-order valence-corrected chi connectivity index (χ4v) is 2.86. The summed E-state index contributed by atoms with van der Waals surface area (Å²) in [5, 5.41) is 3.37. The van der Waals surface area contributed by atoms with Crippen LogP contribution in [0.25, 0.3) is 10.2 Å². The molecule has 1 aromatic carbocycles. The molecule has 0 atom stereocenters. The van der Waals surface area contributed by atoms with E-state index in [0.29, 0.717) is 0 Å². The summed E-state index contributed by atoms with van der Waals surface area (Å²) in [6.45, 7) is 4.35. The van der Waals surface area contributed by atoms with Crippen LogP contribution in [0.5, 0.6) is 0 Å². The predicted molar refractivity (Wildman–Crippen MR) is 64.7 cm³/mol. The van der Waals surface area contributed by atoms with Crippen LogP contribution < -0.4 is 10.2 Å². The second-order valence-corrected chi connectivity index (χ2v) is 4.57. The van der Waals surface area contributed by atoms with Gasteiger partial charge in [0.1, 0.15) is 0 Å². The van der Waals surface area contributed by atoms with Crippen LogP contribution in [0.3, 0.4) is 0 Å². The topological polar surface area (TPSA) is 28.2 Å². The standard InChI is InChI=1S/C11H13N3S/c1-2-9-11(15-8-13-9)10(3-1)14-6-4-12-5-7-14/h1-3,8,12H,4-7H2. The summed E-state index contributed by atoms with van der Waals surface area (Å²) < 4.78 is 1.32. The molecule has 0 radical (unpaired) electrons. The quantitative estimate of drug-likeness (QED) is 0.791. The number of anilines is 1. The zero-order chi connectivity index (χ0) is 10.1. The van der Waals surface area contributed by atoms with Gasteiger partial charge in [0.2, 0.25) is 0 Å². The minimum atomic E-state index is 1.08. The number of fused-ring (bicyclic) bond motifs is 1. The molecule has 1 aliphatic rings. The summed E-state index contributed by atoms with van der Waals surface area (Å²) >= 11 is 1.73. The normalized spacial score (nSPS) is 17.2. The Hall–Kier alpha value is -1.13. The highest BCUT2D eigenvalue weighted by molar-refractivity contribution is 7.17. The fourth-order valence-electron chi connectivity index (χ4n) is 2.03. The minimum Gasteiger partial charge on any atom is -0.368 e. The molecule has 0 spiro atoms. The highest BCUT2D eigenvalue weighted by Gasteiger charge is 2.13. The maximum absolute atomic E-state index is 4.35. The summed E-state index contributed by atoms with van der Waals surface area (Å²) in [5.74, 6) is 0. The van der Waals surface area contributed by atoms with Crippen molar-refractivity contribution in [3.8, 4) is 0 Å². The van der Waals surface area contributed by atoms with Crippen LogP contribution >= 0.6 is 11.3 Å². The minimum absolute atomic E-state index is 1.08. The molecule has 0 saturated carbocycles. The lowest BCUT2D eigenvalue weighted by molar-refractivity contribution is 0.590. The van der Waals surface area contributed by atoms with E-state index in [4.69, 9.17) is 0 Å². The van der Waals surface area contributed by atoms with Gasteiger partial charge in [-0.15, -0.1) is 11.3 Å². The van der Waals surface area contributed by atoms with E-state index in [1.54, 1.807) is 11.3 Å². The molecule has 1 fully saturated rings. The first kappa shape index (κ1) is 9.12. The summed E-state index contributed by atoms with van der Waals surface area (Å²) in [6.07, 6.45) is 0. The molecule has 3 rings (SSSR count). The first-order valence-electron chi connectivity index (χ1n) is 5.23. The van der Waals surface area contributed by atoms with Crippen molar-refractivity contribution >= 4 is 27.2 Å². The van der Waals surface area contributed by atoms with Gasteiger partial charge in [-0.2, -0.15) is 0 Å². The van der Waals surface area contributed by atoms with Crippen molar-refractivity contribution in [2.75, 3.05) is 31.1 Å². The lowest BCUT2D eigenvalue weighted by Gasteiger charge is -2.29. The van der Waals surface area contributed by atoms with E-state index < -0.39 is 0 Å². The molecule has 78 valence electrons. The SMILES string of the molecule is c1cc(N2CCNCC2)c2scnc2c1. The maximum Gasteiger partial charge on any atom is 0.0833 e. The highest BCUT2D eigenvalue weighted by Crippen LogP contribution is 2.29. The number of aromatic nitrogens is 1. The number of thiazole rings is 1. The van der Waals surface area contributed by atoms with Crippen molar-refractivity contribution in [3.63, 3.8) is 0 Å². The Kier molecular flexibility index (Phi) is 2.31. The number of nitrogens with one attached hydrogen (secondary N) is 1. The third-order valence-electron chi connectivity index (χ3n) is 2.79. The van der Waals surface area contributed by atoms with Crippen LogP contribution in [-0.2, 0) is 0 Å². The smallest absolute Gasteiger partial charge is 0.0833 e. The Balaban J connectivity index is 2.05. The molecule has 0 amide bonds. The van der Waals surface area contributed by atoms with Gasteiger partial charge in [0.25, 0.3) is 0 Å². The molecule has 1 saturated heterocycles. The van der Waals surface area contributed by atoms with Crippen LogP contribution in [0, 0.1) is 0 Å². The molecule has 15 heavy (non-hydrogen) atoms. The van der Waals surface area contributed by atoms with Crippen molar-refractivity contribution in [1.82, 2.24) is 10.3 Å². The van der Waals surface area contributed by atoms with Crippen molar-refractivity contribution in [2.24, 2.45) is 0 Å². The predicted octanol–water partition coefficient (Wildman–Crippen LogP) is 1.71. The van der Waals surface area contributed by atoms with Crippen LogP contribution in [0.2, 0.25) is 0 Å². The van der Waals surface area contributed by atoms with Gasteiger partial charge < -0.3 is 10.2 Å². The van der Waals surface area contributed by atoms with Crippen molar-refractivity contribution < 1.29 is 0 Å². The Bertz CT molecular complexity index is 460. The van der Waals surface area contributed by atoms with E-state index in [1.165, 1.54) is 10.4 Å². The lowest BCUT2D eigenvalue weighted by atomic mass is 10.2. The molecule has 2 aromatic rings.